The lowest BCUT2D eigenvalue weighted by Gasteiger charge is -2.35. The average Bonchev–Trinajstić information content (AvgIpc) is 2.80. The van der Waals surface area contributed by atoms with E-state index in [1.54, 1.807) is 0 Å². The van der Waals surface area contributed by atoms with Crippen molar-refractivity contribution in [3.8, 4) is 17.0 Å². The van der Waals surface area contributed by atoms with E-state index >= 15 is 0 Å². The lowest BCUT2D eigenvalue weighted by molar-refractivity contribution is -0.133. The SMILES string of the molecule is Cc1ccc(C)c(OCC(=O)N2CCN(c3ccc(-c4ccccc4)nn3)CC2)c1. The number of aromatic nitrogens is 2. The molecule has 1 aliphatic heterocycles. The smallest absolute Gasteiger partial charge is 0.260 e. The molecular weight excluding hydrogens is 376 g/mol. The van der Waals surface area contributed by atoms with Crippen molar-refractivity contribution in [3.63, 3.8) is 0 Å². The Morgan fingerprint density at radius 1 is 0.933 bits per heavy atom. The Labute approximate surface area is 177 Å². The summed E-state index contributed by atoms with van der Waals surface area (Å²) in [5.41, 5.74) is 4.07. The molecule has 0 radical (unpaired) electrons. The average molecular weight is 402 g/mol. The van der Waals surface area contributed by atoms with Gasteiger partial charge in [0, 0.05) is 31.7 Å². The molecule has 0 saturated carbocycles. The highest BCUT2D eigenvalue weighted by atomic mass is 16.5. The minimum atomic E-state index is 0.0149. The number of aryl methyl sites for hydroxylation is 2. The Morgan fingerprint density at radius 2 is 1.70 bits per heavy atom. The predicted octanol–water partition coefficient (Wildman–Crippen LogP) is 3.49. The molecule has 3 aromatic rings. The maximum absolute atomic E-state index is 12.6. The van der Waals surface area contributed by atoms with Gasteiger partial charge in [0.25, 0.3) is 5.91 Å². The second kappa shape index (κ2) is 8.95. The Balaban J connectivity index is 1.30. The van der Waals surface area contributed by atoms with Crippen molar-refractivity contribution in [2.75, 3.05) is 37.7 Å². The van der Waals surface area contributed by atoms with E-state index in [9.17, 15) is 4.79 Å². The molecule has 4 rings (SSSR count). The van der Waals surface area contributed by atoms with Crippen molar-refractivity contribution >= 4 is 11.7 Å². The van der Waals surface area contributed by atoms with E-state index in [2.05, 4.69) is 15.1 Å². The molecule has 1 aromatic heterocycles. The van der Waals surface area contributed by atoms with Gasteiger partial charge in [-0.2, -0.15) is 0 Å². The van der Waals surface area contributed by atoms with E-state index in [0.717, 1.165) is 47.0 Å². The molecule has 2 aromatic carbocycles. The van der Waals surface area contributed by atoms with Crippen LogP contribution in [-0.2, 0) is 4.79 Å². The molecule has 154 valence electrons. The highest BCUT2D eigenvalue weighted by Gasteiger charge is 2.22. The lowest BCUT2D eigenvalue weighted by Crippen LogP contribution is -2.50. The van der Waals surface area contributed by atoms with Crippen LogP contribution in [0.15, 0.2) is 60.7 Å². The number of carbonyl (C=O) groups excluding carboxylic acids is 1. The van der Waals surface area contributed by atoms with Crippen LogP contribution in [-0.4, -0.2) is 53.8 Å². The van der Waals surface area contributed by atoms with Crippen molar-refractivity contribution < 1.29 is 9.53 Å². The third kappa shape index (κ3) is 4.59. The fourth-order valence-corrected chi connectivity index (χ4v) is 3.54. The summed E-state index contributed by atoms with van der Waals surface area (Å²) in [5, 5.41) is 8.75. The van der Waals surface area contributed by atoms with Crippen LogP contribution < -0.4 is 9.64 Å². The van der Waals surface area contributed by atoms with Gasteiger partial charge in [-0.05, 0) is 43.2 Å². The van der Waals surface area contributed by atoms with Crippen LogP contribution in [0.25, 0.3) is 11.3 Å². The first kappa shape index (κ1) is 19.9. The Hall–Kier alpha value is -3.41. The van der Waals surface area contributed by atoms with Crippen LogP contribution >= 0.6 is 0 Å². The normalized spacial score (nSPS) is 13.9. The molecule has 1 saturated heterocycles. The molecule has 1 amide bonds. The molecule has 2 heterocycles. The predicted molar refractivity (Wildman–Crippen MR) is 118 cm³/mol. The van der Waals surface area contributed by atoms with Crippen molar-refractivity contribution in [2.24, 2.45) is 0 Å². The number of anilines is 1. The number of hydrogen-bond donors (Lipinski definition) is 0. The van der Waals surface area contributed by atoms with Crippen molar-refractivity contribution in [1.82, 2.24) is 15.1 Å². The van der Waals surface area contributed by atoms with Crippen molar-refractivity contribution in [3.05, 3.63) is 71.8 Å². The van der Waals surface area contributed by atoms with Gasteiger partial charge >= 0.3 is 0 Å². The molecule has 0 unspecified atom stereocenters. The zero-order chi connectivity index (χ0) is 20.9. The van der Waals surface area contributed by atoms with Crippen molar-refractivity contribution in [1.29, 1.82) is 0 Å². The van der Waals surface area contributed by atoms with Gasteiger partial charge in [0.1, 0.15) is 5.75 Å². The summed E-state index contributed by atoms with van der Waals surface area (Å²) in [6.45, 7) is 6.83. The fourth-order valence-electron chi connectivity index (χ4n) is 3.54. The summed E-state index contributed by atoms with van der Waals surface area (Å²) in [7, 11) is 0. The summed E-state index contributed by atoms with van der Waals surface area (Å²) in [5.74, 6) is 1.63. The molecule has 1 aliphatic rings. The summed E-state index contributed by atoms with van der Waals surface area (Å²) >= 11 is 0. The number of carbonyl (C=O) groups is 1. The minimum absolute atomic E-state index is 0.0149. The van der Waals surface area contributed by atoms with Gasteiger partial charge in [0.15, 0.2) is 12.4 Å². The molecule has 1 fully saturated rings. The molecule has 6 nitrogen and oxygen atoms in total. The topological polar surface area (TPSA) is 58.6 Å². The number of rotatable bonds is 5. The monoisotopic (exact) mass is 402 g/mol. The van der Waals surface area contributed by atoms with E-state index in [1.807, 2.05) is 79.4 Å². The number of piperazine rings is 1. The number of amides is 1. The van der Waals surface area contributed by atoms with Gasteiger partial charge in [0.05, 0.1) is 5.69 Å². The van der Waals surface area contributed by atoms with E-state index in [1.165, 1.54) is 0 Å². The van der Waals surface area contributed by atoms with Gasteiger partial charge in [0.2, 0.25) is 0 Å². The highest BCUT2D eigenvalue weighted by molar-refractivity contribution is 5.78. The summed E-state index contributed by atoms with van der Waals surface area (Å²) in [4.78, 5) is 16.6. The third-order valence-corrected chi connectivity index (χ3v) is 5.37. The third-order valence-electron chi connectivity index (χ3n) is 5.37. The van der Waals surface area contributed by atoms with Gasteiger partial charge < -0.3 is 14.5 Å². The van der Waals surface area contributed by atoms with Gasteiger partial charge in [-0.1, -0.05) is 42.5 Å². The Bertz CT molecular complexity index is 997. The largest absolute Gasteiger partial charge is 0.483 e. The second-order valence-corrected chi connectivity index (χ2v) is 7.57. The standard InChI is InChI=1S/C24H26N4O2/c1-18-8-9-19(2)22(16-18)30-17-24(29)28-14-12-27(13-15-28)23-11-10-21(25-26-23)20-6-4-3-5-7-20/h3-11,16H,12-15,17H2,1-2H3. The minimum Gasteiger partial charge on any atom is -0.483 e. The zero-order valence-electron chi connectivity index (χ0n) is 17.4. The molecule has 0 aliphatic carbocycles. The number of hydrogen-bond acceptors (Lipinski definition) is 5. The van der Waals surface area contributed by atoms with Crippen LogP contribution in [0.3, 0.4) is 0 Å². The van der Waals surface area contributed by atoms with Crippen LogP contribution in [0, 0.1) is 13.8 Å². The summed E-state index contributed by atoms with van der Waals surface area (Å²) in [6, 6.07) is 20.0. The molecule has 30 heavy (non-hydrogen) atoms. The molecule has 6 heteroatoms. The Kier molecular flexibility index (Phi) is 5.93. The van der Waals surface area contributed by atoms with E-state index in [4.69, 9.17) is 4.74 Å². The van der Waals surface area contributed by atoms with Gasteiger partial charge in [-0.3, -0.25) is 4.79 Å². The lowest BCUT2D eigenvalue weighted by atomic mass is 10.1. The van der Waals surface area contributed by atoms with Gasteiger partial charge in [-0.15, -0.1) is 10.2 Å². The summed E-state index contributed by atoms with van der Waals surface area (Å²) in [6.07, 6.45) is 0. The van der Waals surface area contributed by atoms with E-state index < -0.39 is 0 Å². The van der Waals surface area contributed by atoms with Crippen LogP contribution in [0.5, 0.6) is 5.75 Å². The van der Waals surface area contributed by atoms with Crippen LogP contribution in [0.1, 0.15) is 11.1 Å². The molecular formula is C24H26N4O2. The van der Waals surface area contributed by atoms with E-state index in [-0.39, 0.29) is 12.5 Å². The van der Waals surface area contributed by atoms with Gasteiger partial charge in [-0.25, -0.2) is 0 Å². The van der Waals surface area contributed by atoms with Crippen LogP contribution in [0.4, 0.5) is 5.82 Å². The first-order valence-electron chi connectivity index (χ1n) is 10.2. The van der Waals surface area contributed by atoms with Crippen LogP contribution in [0.2, 0.25) is 0 Å². The summed E-state index contributed by atoms with van der Waals surface area (Å²) < 4.78 is 5.77. The molecule has 0 spiro atoms. The number of ether oxygens (including phenoxy) is 1. The zero-order valence-corrected chi connectivity index (χ0v) is 17.4. The second-order valence-electron chi connectivity index (χ2n) is 7.57. The number of benzene rings is 2. The quantitative estimate of drug-likeness (QED) is 0.654. The first-order valence-corrected chi connectivity index (χ1v) is 10.2. The number of nitrogens with zero attached hydrogens (tertiary/aromatic N) is 4. The highest BCUT2D eigenvalue weighted by Crippen LogP contribution is 2.20. The molecule has 0 bridgehead atoms. The Morgan fingerprint density at radius 3 is 2.40 bits per heavy atom. The van der Waals surface area contributed by atoms with E-state index in [0.29, 0.717) is 13.1 Å². The molecule has 0 atom stereocenters. The van der Waals surface area contributed by atoms with Crippen molar-refractivity contribution in [2.45, 2.75) is 13.8 Å². The maximum Gasteiger partial charge on any atom is 0.260 e. The fraction of sp³-hybridized carbons (Fsp3) is 0.292. The first-order chi connectivity index (χ1) is 14.6. The molecule has 0 N–H and O–H groups in total. The maximum atomic E-state index is 12.6.